The minimum atomic E-state index is -0.474. The van der Waals surface area contributed by atoms with Gasteiger partial charge in [-0.1, -0.05) is 17.7 Å². The zero-order valence-electron chi connectivity index (χ0n) is 8.54. The second-order valence-corrected chi connectivity index (χ2v) is 3.38. The third-order valence-electron chi connectivity index (χ3n) is 1.87. The number of rotatable bonds is 3. The first-order valence-corrected chi connectivity index (χ1v) is 4.91. The average molecular weight is 227 g/mol. The predicted molar refractivity (Wildman–Crippen MR) is 57.4 cm³/mol. The van der Waals surface area contributed by atoms with E-state index in [1.165, 1.54) is 19.1 Å². The van der Waals surface area contributed by atoms with Gasteiger partial charge in [-0.15, -0.1) is 0 Å². The summed E-state index contributed by atoms with van der Waals surface area (Å²) in [5.74, 6) is -0.565. The van der Waals surface area contributed by atoms with Gasteiger partial charge >= 0.3 is 5.97 Å². The van der Waals surface area contributed by atoms with E-state index in [9.17, 15) is 9.59 Å². The Morgan fingerprint density at radius 3 is 2.53 bits per heavy atom. The molecule has 1 aromatic carbocycles. The molecule has 0 saturated carbocycles. The normalized spacial score (nSPS) is 9.80. The van der Waals surface area contributed by atoms with Gasteiger partial charge in [0.1, 0.15) is 0 Å². The van der Waals surface area contributed by atoms with E-state index in [2.05, 4.69) is 0 Å². The minimum Gasteiger partial charge on any atom is -0.462 e. The summed E-state index contributed by atoms with van der Waals surface area (Å²) < 4.78 is 4.80. The molecule has 80 valence electrons. The van der Waals surface area contributed by atoms with Crippen molar-refractivity contribution in [2.75, 3.05) is 6.61 Å². The lowest BCUT2D eigenvalue weighted by Crippen LogP contribution is -2.06. The van der Waals surface area contributed by atoms with Gasteiger partial charge in [-0.3, -0.25) is 4.79 Å². The Balaban J connectivity index is 3.03. The van der Waals surface area contributed by atoms with E-state index < -0.39 is 5.97 Å². The standard InChI is InChI=1S/C11H11ClO3/c1-3-15-11(14)9-5-4-8(7(2)13)6-10(9)12/h4-6H,3H2,1-2H3. The van der Waals surface area contributed by atoms with Gasteiger partial charge in [0.2, 0.25) is 0 Å². The van der Waals surface area contributed by atoms with Crippen molar-refractivity contribution in [3.8, 4) is 0 Å². The molecule has 0 unspecified atom stereocenters. The number of carbonyl (C=O) groups is 2. The Labute approximate surface area is 93.0 Å². The van der Waals surface area contributed by atoms with Crippen molar-refractivity contribution in [3.05, 3.63) is 34.3 Å². The van der Waals surface area contributed by atoms with E-state index in [1.54, 1.807) is 13.0 Å². The first-order valence-electron chi connectivity index (χ1n) is 4.54. The summed E-state index contributed by atoms with van der Waals surface area (Å²) in [6, 6.07) is 4.52. The van der Waals surface area contributed by atoms with E-state index in [1.807, 2.05) is 0 Å². The highest BCUT2D eigenvalue weighted by atomic mass is 35.5. The number of halogens is 1. The first-order chi connectivity index (χ1) is 7.06. The summed E-state index contributed by atoms with van der Waals surface area (Å²) >= 11 is 5.85. The van der Waals surface area contributed by atoms with Crippen LogP contribution in [0.3, 0.4) is 0 Å². The molecular weight excluding hydrogens is 216 g/mol. The van der Waals surface area contributed by atoms with Crippen LogP contribution in [0.2, 0.25) is 5.02 Å². The van der Waals surface area contributed by atoms with Gasteiger partial charge in [-0.05, 0) is 26.0 Å². The number of benzene rings is 1. The van der Waals surface area contributed by atoms with Gasteiger partial charge in [0, 0.05) is 5.56 Å². The molecule has 0 heterocycles. The zero-order chi connectivity index (χ0) is 11.4. The molecule has 1 rings (SSSR count). The van der Waals surface area contributed by atoms with Gasteiger partial charge in [-0.25, -0.2) is 4.79 Å². The van der Waals surface area contributed by atoms with Crippen LogP contribution >= 0.6 is 11.6 Å². The van der Waals surface area contributed by atoms with E-state index in [4.69, 9.17) is 16.3 Å². The molecule has 0 saturated heterocycles. The molecule has 0 aliphatic carbocycles. The van der Waals surface area contributed by atoms with Crippen LogP contribution in [0.5, 0.6) is 0 Å². The van der Waals surface area contributed by atoms with Crippen molar-refractivity contribution < 1.29 is 14.3 Å². The van der Waals surface area contributed by atoms with Crippen molar-refractivity contribution in [3.63, 3.8) is 0 Å². The van der Waals surface area contributed by atoms with Gasteiger partial charge in [0.15, 0.2) is 5.78 Å². The zero-order valence-corrected chi connectivity index (χ0v) is 9.30. The fraction of sp³-hybridized carbons (Fsp3) is 0.273. The summed E-state index contributed by atoms with van der Waals surface area (Å²) in [6.07, 6.45) is 0. The molecule has 0 bridgehead atoms. The second-order valence-electron chi connectivity index (χ2n) is 2.97. The molecular formula is C11H11ClO3. The van der Waals surface area contributed by atoms with Gasteiger partial charge in [0.05, 0.1) is 17.2 Å². The van der Waals surface area contributed by atoms with Crippen LogP contribution in [0.1, 0.15) is 34.6 Å². The molecule has 0 N–H and O–H groups in total. The summed E-state index contributed by atoms with van der Waals surface area (Å²) in [7, 11) is 0. The fourth-order valence-electron chi connectivity index (χ4n) is 1.11. The van der Waals surface area contributed by atoms with Crippen LogP contribution < -0.4 is 0 Å². The van der Waals surface area contributed by atoms with Gasteiger partial charge in [0.25, 0.3) is 0 Å². The fourth-order valence-corrected chi connectivity index (χ4v) is 1.37. The molecule has 0 aliphatic rings. The minimum absolute atomic E-state index is 0.0905. The average Bonchev–Trinajstić information content (AvgIpc) is 2.17. The maximum Gasteiger partial charge on any atom is 0.339 e. The number of carbonyl (C=O) groups excluding carboxylic acids is 2. The smallest absolute Gasteiger partial charge is 0.339 e. The molecule has 4 heteroatoms. The number of ketones is 1. The molecule has 15 heavy (non-hydrogen) atoms. The van der Waals surface area contributed by atoms with Crippen molar-refractivity contribution in [1.82, 2.24) is 0 Å². The number of Topliss-reactive ketones (excluding diaryl/α,β-unsaturated/α-hetero) is 1. The SMILES string of the molecule is CCOC(=O)c1ccc(C(C)=O)cc1Cl. The molecule has 0 fully saturated rings. The maximum absolute atomic E-state index is 11.4. The van der Waals surface area contributed by atoms with Crippen molar-refractivity contribution in [2.24, 2.45) is 0 Å². The Kier molecular flexibility index (Phi) is 3.86. The van der Waals surface area contributed by atoms with Crippen LogP contribution in [0.25, 0.3) is 0 Å². The topological polar surface area (TPSA) is 43.4 Å². The quantitative estimate of drug-likeness (QED) is 0.588. The molecule has 0 amide bonds. The molecule has 0 spiro atoms. The van der Waals surface area contributed by atoms with Crippen LogP contribution in [0.4, 0.5) is 0 Å². The summed E-state index contributed by atoms with van der Waals surface area (Å²) in [5, 5.41) is 0.237. The Morgan fingerprint density at radius 2 is 2.07 bits per heavy atom. The first kappa shape index (κ1) is 11.7. The molecule has 0 aliphatic heterocycles. The van der Waals surface area contributed by atoms with Crippen molar-refractivity contribution >= 4 is 23.4 Å². The lowest BCUT2D eigenvalue weighted by molar-refractivity contribution is 0.0526. The largest absolute Gasteiger partial charge is 0.462 e. The van der Waals surface area contributed by atoms with E-state index in [0.29, 0.717) is 12.2 Å². The third kappa shape index (κ3) is 2.80. The highest BCUT2D eigenvalue weighted by Crippen LogP contribution is 2.19. The predicted octanol–water partition coefficient (Wildman–Crippen LogP) is 2.72. The Morgan fingerprint density at radius 1 is 1.40 bits per heavy atom. The monoisotopic (exact) mass is 226 g/mol. The molecule has 0 radical (unpaired) electrons. The summed E-state index contributed by atoms with van der Waals surface area (Å²) in [4.78, 5) is 22.4. The van der Waals surface area contributed by atoms with Crippen molar-refractivity contribution in [2.45, 2.75) is 13.8 Å². The van der Waals surface area contributed by atoms with Crippen LogP contribution in [-0.2, 0) is 4.74 Å². The van der Waals surface area contributed by atoms with E-state index in [0.717, 1.165) is 0 Å². The lowest BCUT2D eigenvalue weighted by Gasteiger charge is -2.04. The van der Waals surface area contributed by atoms with Crippen LogP contribution in [0.15, 0.2) is 18.2 Å². The second kappa shape index (κ2) is 4.94. The van der Waals surface area contributed by atoms with Crippen LogP contribution in [0, 0.1) is 0 Å². The number of ether oxygens (including phenoxy) is 1. The summed E-state index contributed by atoms with van der Waals surface area (Å²) in [6.45, 7) is 3.45. The molecule has 0 atom stereocenters. The van der Waals surface area contributed by atoms with E-state index in [-0.39, 0.29) is 16.4 Å². The summed E-state index contributed by atoms with van der Waals surface area (Å²) in [5.41, 5.74) is 0.761. The number of hydrogen-bond acceptors (Lipinski definition) is 3. The molecule has 0 aromatic heterocycles. The third-order valence-corrected chi connectivity index (χ3v) is 2.18. The Bertz CT molecular complexity index is 399. The van der Waals surface area contributed by atoms with Gasteiger partial charge in [-0.2, -0.15) is 0 Å². The van der Waals surface area contributed by atoms with Gasteiger partial charge < -0.3 is 4.74 Å². The van der Waals surface area contributed by atoms with E-state index >= 15 is 0 Å². The number of hydrogen-bond donors (Lipinski definition) is 0. The molecule has 3 nitrogen and oxygen atoms in total. The lowest BCUT2D eigenvalue weighted by atomic mass is 10.1. The maximum atomic E-state index is 11.4. The highest BCUT2D eigenvalue weighted by molar-refractivity contribution is 6.34. The van der Waals surface area contributed by atoms with Crippen LogP contribution in [-0.4, -0.2) is 18.4 Å². The van der Waals surface area contributed by atoms with Crippen molar-refractivity contribution in [1.29, 1.82) is 0 Å². The molecule has 1 aromatic rings. The Hall–Kier alpha value is -1.35. The highest BCUT2D eigenvalue weighted by Gasteiger charge is 2.12. The number of esters is 1.